The van der Waals surface area contributed by atoms with Crippen LogP contribution in [0.3, 0.4) is 0 Å². The SMILES string of the molecule is CCOC(=O)c1c(NC(=O)C(C)(C)Oc2ccc(Cl)cc2)sc2c1CCN(CC)C2. The third kappa shape index (κ3) is 4.96. The number of hydrogen-bond acceptors (Lipinski definition) is 6. The molecule has 2 aromatic rings. The summed E-state index contributed by atoms with van der Waals surface area (Å²) in [5.41, 5.74) is 0.304. The predicted molar refractivity (Wildman–Crippen MR) is 120 cm³/mol. The highest BCUT2D eigenvalue weighted by Crippen LogP contribution is 2.38. The summed E-state index contributed by atoms with van der Waals surface area (Å²) in [6, 6.07) is 6.84. The molecule has 0 unspecified atom stereocenters. The number of halogens is 1. The fourth-order valence-electron chi connectivity index (χ4n) is 3.33. The van der Waals surface area contributed by atoms with Gasteiger partial charge in [-0.3, -0.25) is 9.69 Å². The van der Waals surface area contributed by atoms with Crippen LogP contribution in [0, 0.1) is 0 Å². The number of hydrogen-bond donors (Lipinski definition) is 1. The topological polar surface area (TPSA) is 67.9 Å². The van der Waals surface area contributed by atoms with Crippen molar-refractivity contribution in [3.05, 3.63) is 45.3 Å². The zero-order valence-electron chi connectivity index (χ0n) is 17.7. The van der Waals surface area contributed by atoms with E-state index in [1.54, 1.807) is 45.0 Å². The average Bonchev–Trinajstić information content (AvgIpc) is 3.06. The molecule has 1 N–H and O–H groups in total. The molecule has 2 heterocycles. The predicted octanol–water partition coefficient (Wildman–Crippen LogP) is 4.75. The van der Waals surface area contributed by atoms with Gasteiger partial charge in [-0.25, -0.2) is 4.79 Å². The highest BCUT2D eigenvalue weighted by molar-refractivity contribution is 7.17. The summed E-state index contributed by atoms with van der Waals surface area (Å²) in [6.45, 7) is 10.1. The van der Waals surface area contributed by atoms with Crippen LogP contribution < -0.4 is 10.1 Å². The molecule has 8 heteroatoms. The number of benzene rings is 1. The summed E-state index contributed by atoms with van der Waals surface area (Å²) < 4.78 is 11.2. The first-order valence-electron chi connectivity index (χ1n) is 10.0. The van der Waals surface area contributed by atoms with Crippen molar-refractivity contribution in [3.8, 4) is 5.75 Å². The van der Waals surface area contributed by atoms with E-state index in [2.05, 4.69) is 17.1 Å². The van der Waals surface area contributed by atoms with E-state index in [1.165, 1.54) is 11.3 Å². The molecule has 1 amide bonds. The number of ether oxygens (including phenoxy) is 2. The summed E-state index contributed by atoms with van der Waals surface area (Å²) in [7, 11) is 0. The average molecular weight is 451 g/mol. The van der Waals surface area contributed by atoms with Crippen LogP contribution in [0.25, 0.3) is 0 Å². The van der Waals surface area contributed by atoms with E-state index in [-0.39, 0.29) is 12.5 Å². The molecule has 3 rings (SSSR count). The Kier molecular flexibility index (Phi) is 7.06. The van der Waals surface area contributed by atoms with Crippen molar-refractivity contribution in [1.82, 2.24) is 4.90 Å². The molecule has 0 fully saturated rings. The Morgan fingerprint density at radius 3 is 2.57 bits per heavy atom. The van der Waals surface area contributed by atoms with Crippen LogP contribution in [0.4, 0.5) is 5.00 Å². The molecule has 30 heavy (non-hydrogen) atoms. The third-order valence-corrected chi connectivity index (χ3v) is 6.41. The van der Waals surface area contributed by atoms with Crippen LogP contribution in [-0.4, -0.2) is 42.1 Å². The van der Waals surface area contributed by atoms with Gasteiger partial charge in [0.2, 0.25) is 0 Å². The first kappa shape index (κ1) is 22.6. The lowest BCUT2D eigenvalue weighted by atomic mass is 10.0. The second-order valence-corrected chi connectivity index (χ2v) is 9.11. The molecular weight excluding hydrogens is 424 g/mol. The van der Waals surface area contributed by atoms with Crippen LogP contribution in [0.2, 0.25) is 5.02 Å². The van der Waals surface area contributed by atoms with E-state index in [1.807, 2.05) is 0 Å². The standard InChI is InChI=1S/C22H27ClN2O4S/c1-5-25-12-11-16-17(13-25)30-19(18(16)20(26)28-6-2)24-21(27)22(3,4)29-15-9-7-14(23)8-10-15/h7-10H,5-6,11-13H2,1-4H3,(H,24,27). The van der Waals surface area contributed by atoms with E-state index < -0.39 is 11.6 Å². The van der Waals surface area contributed by atoms with Crippen LogP contribution >= 0.6 is 22.9 Å². The molecule has 0 saturated carbocycles. The summed E-state index contributed by atoms with van der Waals surface area (Å²) >= 11 is 7.36. The minimum atomic E-state index is -1.15. The Hall–Kier alpha value is -2.09. The molecule has 1 aromatic carbocycles. The molecule has 162 valence electrons. The zero-order valence-corrected chi connectivity index (χ0v) is 19.3. The Balaban J connectivity index is 1.85. The molecule has 1 aliphatic rings. The maximum Gasteiger partial charge on any atom is 0.341 e. The molecule has 0 bridgehead atoms. The molecule has 0 aliphatic carbocycles. The van der Waals surface area contributed by atoms with Crippen molar-refractivity contribution < 1.29 is 19.1 Å². The first-order valence-corrected chi connectivity index (χ1v) is 11.2. The van der Waals surface area contributed by atoms with Gasteiger partial charge in [0, 0.05) is 23.0 Å². The van der Waals surface area contributed by atoms with Gasteiger partial charge in [0.25, 0.3) is 5.91 Å². The fraction of sp³-hybridized carbons (Fsp3) is 0.455. The van der Waals surface area contributed by atoms with Gasteiger partial charge in [0.05, 0.1) is 12.2 Å². The van der Waals surface area contributed by atoms with Gasteiger partial charge in [0.1, 0.15) is 10.8 Å². The number of likely N-dealkylation sites (N-methyl/N-ethyl adjacent to an activating group) is 1. The highest BCUT2D eigenvalue weighted by atomic mass is 35.5. The lowest BCUT2D eigenvalue weighted by Crippen LogP contribution is -2.42. The summed E-state index contributed by atoms with van der Waals surface area (Å²) in [5, 5.41) is 4.04. The molecule has 0 spiro atoms. The Morgan fingerprint density at radius 1 is 1.23 bits per heavy atom. The maximum absolute atomic E-state index is 13.1. The smallest absolute Gasteiger partial charge is 0.341 e. The van der Waals surface area contributed by atoms with Gasteiger partial charge in [-0.15, -0.1) is 11.3 Å². The maximum atomic E-state index is 13.1. The number of carbonyl (C=O) groups excluding carboxylic acids is 2. The quantitative estimate of drug-likeness (QED) is 0.616. The molecular formula is C22H27ClN2O4S. The van der Waals surface area contributed by atoms with Crippen molar-refractivity contribution in [2.45, 2.75) is 46.3 Å². The third-order valence-electron chi connectivity index (χ3n) is 5.02. The minimum Gasteiger partial charge on any atom is -0.478 e. The number of nitrogens with zero attached hydrogens (tertiary/aromatic N) is 1. The van der Waals surface area contributed by atoms with Crippen LogP contribution in [0.5, 0.6) is 5.75 Å². The summed E-state index contributed by atoms with van der Waals surface area (Å²) in [4.78, 5) is 29.1. The van der Waals surface area contributed by atoms with E-state index in [9.17, 15) is 9.59 Å². The highest BCUT2D eigenvalue weighted by Gasteiger charge is 2.34. The molecule has 0 radical (unpaired) electrons. The normalized spacial score (nSPS) is 14.2. The van der Waals surface area contributed by atoms with Gasteiger partial charge >= 0.3 is 5.97 Å². The number of rotatable bonds is 7. The van der Waals surface area contributed by atoms with Gasteiger partial charge < -0.3 is 14.8 Å². The van der Waals surface area contributed by atoms with E-state index in [4.69, 9.17) is 21.1 Å². The number of thiophene rings is 1. The Labute approximate surface area is 186 Å². The zero-order chi connectivity index (χ0) is 21.9. The van der Waals surface area contributed by atoms with E-state index in [0.29, 0.717) is 21.3 Å². The van der Waals surface area contributed by atoms with Crippen molar-refractivity contribution in [2.24, 2.45) is 0 Å². The molecule has 6 nitrogen and oxygen atoms in total. The van der Waals surface area contributed by atoms with E-state index in [0.717, 1.165) is 36.5 Å². The minimum absolute atomic E-state index is 0.281. The lowest BCUT2D eigenvalue weighted by Gasteiger charge is -2.25. The van der Waals surface area contributed by atoms with Gasteiger partial charge in [0.15, 0.2) is 5.60 Å². The van der Waals surface area contributed by atoms with Crippen molar-refractivity contribution in [2.75, 3.05) is 25.0 Å². The fourth-order valence-corrected chi connectivity index (χ4v) is 4.73. The number of fused-ring (bicyclic) bond motifs is 1. The number of carbonyl (C=O) groups is 2. The van der Waals surface area contributed by atoms with Crippen molar-refractivity contribution in [3.63, 3.8) is 0 Å². The monoisotopic (exact) mass is 450 g/mol. The van der Waals surface area contributed by atoms with Gasteiger partial charge in [-0.1, -0.05) is 18.5 Å². The van der Waals surface area contributed by atoms with E-state index >= 15 is 0 Å². The van der Waals surface area contributed by atoms with Crippen LogP contribution in [0.1, 0.15) is 48.5 Å². The number of amides is 1. The first-order chi connectivity index (χ1) is 14.2. The Morgan fingerprint density at radius 2 is 1.93 bits per heavy atom. The number of anilines is 1. The molecule has 0 atom stereocenters. The van der Waals surface area contributed by atoms with Gasteiger partial charge in [-0.05, 0) is 63.6 Å². The number of esters is 1. The molecule has 0 saturated heterocycles. The second-order valence-electron chi connectivity index (χ2n) is 7.57. The van der Waals surface area contributed by atoms with Gasteiger partial charge in [-0.2, -0.15) is 0 Å². The van der Waals surface area contributed by atoms with Crippen LogP contribution in [-0.2, 0) is 22.5 Å². The molecule has 1 aromatic heterocycles. The summed E-state index contributed by atoms with van der Waals surface area (Å²) in [6.07, 6.45) is 0.758. The largest absolute Gasteiger partial charge is 0.478 e. The Bertz CT molecular complexity index is 924. The lowest BCUT2D eigenvalue weighted by molar-refractivity contribution is -0.128. The number of nitrogens with one attached hydrogen (secondary N) is 1. The van der Waals surface area contributed by atoms with Crippen molar-refractivity contribution in [1.29, 1.82) is 0 Å². The molecule has 1 aliphatic heterocycles. The second kappa shape index (κ2) is 9.37. The summed E-state index contributed by atoms with van der Waals surface area (Å²) in [5.74, 6) is -0.199. The van der Waals surface area contributed by atoms with Crippen molar-refractivity contribution >= 4 is 39.8 Å². The van der Waals surface area contributed by atoms with Crippen LogP contribution in [0.15, 0.2) is 24.3 Å².